The molecule has 6 rings (SSSR count). The van der Waals surface area contributed by atoms with Crippen LogP contribution in [0.4, 0.5) is 15.9 Å². The van der Waals surface area contributed by atoms with E-state index in [1.807, 2.05) is 6.92 Å². The molecule has 1 aliphatic heterocycles. The van der Waals surface area contributed by atoms with Gasteiger partial charge in [-0.2, -0.15) is 9.97 Å². The summed E-state index contributed by atoms with van der Waals surface area (Å²) in [5.41, 5.74) is 8.85. The van der Waals surface area contributed by atoms with Gasteiger partial charge in [-0.05, 0) is 43.7 Å². The maximum Gasteiger partial charge on any atom is 0.326 e. The third-order valence-electron chi connectivity index (χ3n) is 7.04. The van der Waals surface area contributed by atoms with Crippen molar-refractivity contribution >= 4 is 33.4 Å². The lowest BCUT2D eigenvalue weighted by molar-refractivity contribution is 0.194. The molecule has 1 saturated heterocycles. The van der Waals surface area contributed by atoms with E-state index in [0.29, 0.717) is 40.3 Å². The Morgan fingerprint density at radius 3 is 2.62 bits per heavy atom. The van der Waals surface area contributed by atoms with E-state index in [2.05, 4.69) is 30.2 Å². The average molecular weight is 465 g/mol. The molecule has 2 aliphatic rings. The lowest BCUT2D eigenvalue weighted by Gasteiger charge is -2.36. The zero-order valence-corrected chi connectivity index (χ0v) is 18.7. The van der Waals surface area contributed by atoms with Crippen LogP contribution in [0.1, 0.15) is 25.2 Å². The van der Waals surface area contributed by atoms with Gasteiger partial charge in [-0.1, -0.05) is 7.43 Å². The summed E-state index contributed by atoms with van der Waals surface area (Å²) in [6.45, 7) is 5.26. The lowest BCUT2D eigenvalue weighted by Crippen LogP contribution is -2.46. The number of aromatic nitrogens is 5. The van der Waals surface area contributed by atoms with Gasteiger partial charge in [0.25, 0.3) is 0 Å². The number of halogens is 1. The molecule has 178 valence electrons. The highest BCUT2D eigenvalue weighted by Gasteiger charge is 2.46. The zero-order valence-electron chi connectivity index (χ0n) is 18.7. The molecule has 1 aromatic carbocycles. The highest BCUT2D eigenvalue weighted by Crippen LogP contribution is 2.45. The van der Waals surface area contributed by atoms with Crippen molar-refractivity contribution < 1.29 is 9.13 Å². The number of ether oxygens (including phenoxy) is 1. The van der Waals surface area contributed by atoms with Crippen molar-refractivity contribution in [2.24, 2.45) is 17.6 Å². The first-order valence-corrected chi connectivity index (χ1v) is 11.1. The number of H-pyrrole nitrogens is 1. The quantitative estimate of drug-likeness (QED) is 0.416. The molecule has 3 unspecified atom stereocenters. The van der Waals surface area contributed by atoms with Crippen molar-refractivity contribution in [1.29, 1.82) is 0 Å². The number of benzene rings is 1. The molecule has 0 spiro atoms. The van der Waals surface area contributed by atoms with Crippen LogP contribution in [0.15, 0.2) is 18.5 Å². The zero-order chi connectivity index (χ0) is 22.9. The van der Waals surface area contributed by atoms with Crippen LogP contribution in [0.25, 0.3) is 21.9 Å². The first-order chi connectivity index (χ1) is 15.9. The van der Waals surface area contributed by atoms with Crippen molar-refractivity contribution in [2.45, 2.75) is 33.7 Å². The Morgan fingerprint density at radius 2 is 1.94 bits per heavy atom. The van der Waals surface area contributed by atoms with Crippen molar-refractivity contribution in [3.63, 3.8) is 0 Å². The van der Waals surface area contributed by atoms with E-state index in [-0.39, 0.29) is 25.3 Å². The van der Waals surface area contributed by atoms with Crippen molar-refractivity contribution in [3.8, 4) is 11.8 Å². The molecule has 4 heterocycles. The Labute approximate surface area is 197 Å². The molecular formula is C24H29FN8O. The van der Waals surface area contributed by atoms with Gasteiger partial charge in [0.1, 0.15) is 23.1 Å². The average Bonchev–Trinajstić information content (AvgIpc) is 3.35. The molecule has 10 heteroatoms. The minimum absolute atomic E-state index is 0. The van der Waals surface area contributed by atoms with Crippen LogP contribution in [0.2, 0.25) is 0 Å². The van der Waals surface area contributed by atoms with Gasteiger partial charge in [-0.25, -0.2) is 14.4 Å². The molecule has 3 atom stereocenters. The number of aryl methyl sites for hydroxylation is 2. The van der Waals surface area contributed by atoms with Gasteiger partial charge in [0.05, 0.1) is 29.0 Å². The number of nitrogens with two attached hydrogens (primary N) is 1. The summed E-state index contributed by atoms with van der Waals surface area (Å²) < 4.78 is 20.8. The van der Waals surface area contributed by atoms with E-state index in [9.17, 15) is 4.39 Å². The number of fused-ring (bicyclic) bond motifs is 4. The van der Waals surface area contributed by atoms with Crippen molar-refractivity contribution in [1.82, 2.24) is 24.9 Å². The van der Waals surface area contributed by atoms with Gasteiger partial charge >= 0.3 is 6.01 Å². The minimum atomic E-state index is -0.278. The van der Waals surface area contributed by atoms with Gasteiger partial charge < -0.3 is 25.7 Å². The molecular weight excluding hydrogens is 435 g/mol. The molecule has 0 bridgehead atoms. The highest BCUT2D eigenvalue weighted by molar-refractivity contribution is 6.16. The fraction of sp³-hybridized carbons (Fsp3) is 0.417. The standard InChI is InChI=1S/C23H25FN8O.CH4/c1-10-15(24)5-17(26-3)20-18(10)19-21(29-20)30-23(33-13-6-27-11(2)28-7-13)31-22(19)32-8-12-4-16(25)14(12)9-32;/h5-7,12,14,16,26H,4,8-9,25H2,1-3H3,(H,29,30,31);1H4. The van der Waals surface area contributed by atoms with Gasteiger partial charge in [0.2, 0.25) is 0 Å². The summed E-state index contributed by atoms with van der Waals surface area (Å²) in [5, 5.41) is 4.65. The third-order valence-corrected chi connectivity index (χ3v) is 7.04. The second-order valence-corrected chi connectivity index (χ2v) is 9.01. The minimum Gasteiger partial charge on any atom is -0.421 e. The van der Waals surface area contributed by atoms with Gasteiger partial charge in [0, 0.05) is 31.6 Å². The summed E-state index contributed by atoms with van der Waals surface area (Å²) in [6.07, 6.45) is 4.20. The molecule has 34 heavy (non-hydrogen) atoms. The smallest absolute Gasteiger partial charge is 0.326 e. The fourth-order valence-electron chi connectivity index (χ4n) is 5.20. The number of aromatic amines is 1. The summed E-state index contributed by atoms with van der Waals surface area (Å²) in [7, 11) is 1.77. The third kappa shape index (κ3) is 3.32. The van der Waals surface area contributed by atoms with E-state index in [1.165, 1.54) is 6.07 Å². The fourth-order valence-corrected chi connectivity index (χ4v) is 5.20. The highest BCUT2D eigenvalue weighted by atomic mass is 19.1. The number of nitrogens with one attached hydrogen (secondary N) is 2. The second-order valence-electron chi connectivity index (χ2n) is 9.01. The van der Waals surface area contributed by atoms with E-state index in [1.54, 1.807) is 26.4 Å². The molecule has 4 aromatic rings. The van der Waals surface area contributed by atoms with Crippen LogP contribution in [0.3, 0.4) is 0 Å². The van der Waals surface area contributed by atoms with Crippen LogP contribution in [-0.4, -0.2) is 51.1 Å². The maximum atomic E-state index is 14.8. The van der Waals surface area contributed by atoms with Gasteiger partial charge in [-0.15, -0.1) is 0 Å². The first-order valence-electron chi connectivity index (χ1n) is 11.1. The number of anilines is 2. The Balaban J connectivity index is 0.00000241. The molecule has 0 amide bonds. The summed E-state index contributed by atoms with van der Waals surface area (Å²) in [5.74, 6) is 2.54. The Morgan fingerprint density at radius 1 is 1.18 bits per heavy atom. The van der Waals surface area contributed by atoms with E-state index in [0.717, 1.165) is 41.6 Å². The van der Waals surface area contributed by atoms with Crippen LogP contribution in [0, 0.1) is 31.5 Å². The predicted molar refractivity (Wildman–Crippen MR) is 131 cm³/mol. The van der Waals surface area contributed by atoms with E-state index in [4.69, 9.17) is 15.5 Å². The molecule has 0 radical (unpaired) electrons. The molecule has 3 aromatic heterocycles. The maximum absolute atomic E-state index is 14.8. The monoisotopic (exact) mass is 464 g/mol. The number of hydrogen-bond acceptors (Lipinski definition) is 8. The van der Waals surface area contributed by atoms with E-state index >= 15 is 0 Å². The van der Waals surface area contributed by atoms with E-state index < -0.39 is 0 Å². The molecule has 1 aliphatic carbocycles. The van der Waals surface area contributed by atoms with Crippen LogP contribution in [0.5, 0.6) is 11.8 Å². The number of nitrogens with zero attached hydrogens (tertiary/aromatic N) is 5. The Hall–Kier alpha value is -3.53. The second kappa shape index (κ2) is 8.05. The lowest BCUT2D eigenvalue weighted by atomic mass is 9.72. The Kier molecular flexibility index (Phi) is 5.27. The molecule has 1 saturated carbocycles. The van der Waals surface area contributed by atoms with Gasteiger partial charge in [0.15, 0.2) is 5.75 Å². The van der Waals surface area contributed by atoms with Crippen molar-refractivity contribution in [3.05, 3.63) is 35.7 Å². The van der Waals surface area contributed by atoms with Crippen molar-refractivity contribution in [2.75, 3.05) is 30.4 Å². The summed E-state index contributed by atoms with van der Waals surface area (Å²) >= 11 is 0. The first kappa shape index (κ1) is 22.3. The molecule has 9 nitrogen and oxygen atoms in total. The summed E-state index contributed by atoms with van der Waals surface area (Å²) in [6, 6.07) is 1.90. The van der Waals surface area contributed by atoms with Crippen LogP contribution >= 0.6 is 0 Å². The topological polar surface area (TPSA) is 118 Å². The van der Waals surface area contributed by atoms with Gasteiger partial charge in [-0.3, -0.25) is 0 Å². The number of rotatable bonds is 4. The predicted octanol–water partition coefficient (Wildman–Crippen LogP) is 3.91. The van der Waals surface area contributed by atoms with Crippen LogP contribution < -0.4 is 20.7 Å². The SMILES string of the molecule is C.CNc1cc(F)c(C)c2c1[nH]c1nc(Oc3cnc(C)nc3)nc(N3CC4CC(N)C4C3)c12. The summed E-state index contributed by atoms with van der Waals surface area (Å²) in [4.78, 5) is 23.4. The van der Waals surface area contributed by atoms with Crippen LogP contribution in [-0.2, 0) is 0 Å². The molecule has 2 fully saturated rings. The molecule has 4 N–H and O–H groups in total. The number of hydrogen-bond donors (Lipinski definition) is 3. The Bertz CT molecular complexity index is 1390. The largest absolute Gasteiger partial charge is 0.421 e. The normalized spacial score (nSPS) is 21.3.